The van der Waals surface area contributed by atoms with Gasteiger partial charge >= 0.3 is 0 Å². The van der Waals surface area contributed by atoms with Crippen molar-refractivity contribution in [2.75, 3.05) is 0 Å². The Hall–Kier alpha value is -1.66. The highest BCUT2D eigenvalue weighted by molar-refractivity contribution is 7.89. The Balaban J connectivity index is 2.23. The Labute approximate surface area is 132 Å². The third-order valence-corrected chi connectivity index (χ3v) is 5.14. The second-order valence-electron chi connectivity index (χ2n) is 5.95. The van der Waals surface area contributed by atoms with Crippen LogP contribution in [-0.4, -0.2) is 18.2 Å². The van der Waals surface area contributed by atoms with Gasteiger partial charge < -0.3 is 0 Å². The highest BCUT2D eigenvalue weighted by atomic mass is 32.2. The molecule has 1 aromatic carbocycles. The summed E-state index contributed by atoms with van der Waals surface area (Å²) in [5.41, 5.74) is 3.22. The number of hydrogen-bond donors (Lipinski definition) is 1. The van der Waals surface area contributed by atoms with Crippen LogP contribution in [0.15, 0.2) is 35.5 Å². The molecule has 1 atom stereocenters. The van der Waals surface area contributed by atoms with Crippen molar-refractivity contribution in [2.24, 2.45) is 0 Å². The van der Waals surface area contributed by atoms with E-state index in [1.807, 2.05) is 46.8 Å². The van der Waals surface area contributed by atoms with Crippen LogP contribution in [0.2, 0.25) is 0 Å². The molecule has 0 aliphatic heterocycles. The first-order chi connectivity index (χ1) is 10.2. The lowest BCUT2D eigenvalue weighted by Gasteiger charge is -2.16. The molecule has 0 bridgehead atoms. The van der Waals surface area contributed by atoms with Crippen molar-refractivity contribution >= 4 is 10.0 Å². The molecule has 0 fully saturated rings. The standard InChI is InChI=1S/C16H23N3O2S/c1-11(2)19-10-15(9-17-19)22(20,21)18-14(5)16-7-6-12(3)8-13(16)4/h6-11,14,18H,1-5H3/t14-/m1/s1. The molecule has 120 valence electrons. The van der Waals surface area contributed by atoms with Crippen LogP contribution in [0.5, 0.6) is 0 Å². The van der Waals surface area contributed by atoms with Gasteiger partial charge in [-0.05, 0) is 45.7 Å². The van der Waals surface area contributed by atoms with Gasteiger partial charge in [-0.1, -0.05) is 23.8 Å². The molecule has 1 aromatic heterocycles. The van der Waals surface area contributed by atoms with E-state index in [2.05, 4.69) is 15.9 Å². The minimum Gasteiger partial charge on any atom is -0.269 e. The average Bonchev–Trinajstić information content (AvgIpc) is 2.88. The van der Waals surface area contributed by atoms with Gasteiger partial charge in [0.25, 0.3) is 0 Å². The van der Waals surface area contributed by atoms with E-state index < -0.39 is 10.0 Å². The Morgan fingerprint density at radius 3 is 2.41 bits per heavy atom. The normalized spacial score (nSPS) is 13.5. The van der Waals surface area contributed by atoms with Crippen molar-refractivity contribution in [3.05, 3.63) is 47.3 Å². The van der Waals surface area contributed by atoms with Crippen LogP contribution in [0.4, 0.5) is 0 Å². The molecule has 6 heteroatoms. The van der Waals surface area contributed by atoms with Crippen LogP contribution in [-0.2, 0) is 10.0 Å². The molecular formula is C16H23N3O2S. The lowest BCUT2D eigenvalue weighted by Crippen LogP contribution is -2.27. The zero-order valence-corrected chi connectivity index (χ0v) is 14.5. The second-order valence-corrected chi connectivity index (χ2v) is 7.67. The van der Waals surface area contributed by atoms with Gasteiger partial charge in [0.1, 0.15) is 4.90 Å². The zero-order valence-electron chi connectivity index (χ0n) is 13.7. The van der Waals surface area contributed by atoms with Gasteiger partial charge in [0.05, 0.1) is 6.20 Å². The molecule has 0 unspecified atom stereocenters. The van der Waals surface area contributed by atoms with E-state index >= 15 is 0 Å². The zero-order chi connectivity index (χ0) is 16.5. The van der Waals surface area contributed by atoms with Crippen molar-refractivity contribution in [1.29, 1.82) is 0 Å². The summed E-state index contributed by atoms with van der Waals surface area (Å²) in [6.07, 6.45) is 2.94. The number of nitrogens with zero attached hydrogens (tertiary/aromatic N) is 2. The first-order valence-corrected chi connectivity index (χ1v) is 8.82. The van der Waals surface area contributed by atoms with Crippen LogP contribution >= 0.6 is 0 Å². The van der Waals surface area contributed by atoms with E-state index in [-0.39, 0.29) is 17.0 Å². The molecule has 5 nitrogen and oxygen atoms in total. The van der Waals surface area contributed by atoms with Gasteiger partial charge in [0.2, 0.25) is 10.0 Å². The van der Waals surface area contributed by atoms with Crippen LogP contribution in [0.25, 0.3) is 0 Å². The maximum absolute atomic E-state index is 12.5. The molecule has 0 spiro atoms. The quantitative estimate of drug-likeness (QED) is 0.920. The summed E-state index contributed by atoms with van der Waals surface area (Å²) in [5.74, 6) is 0. The van der Waals surface area contributed by atoms with Crippen molar-refractivity contribution < 1.29 is 8.42 Å². The van der Waals surface area contributed by atoms with Gasteiger partial charge in [-0.3, -0.25) is 4.68 Å². The molecule has 2 rings (SSSR count). The van der Waals surface area contributed by atoms with Crippen molar-refractivity contribution in [2.45, 2.75) is 51.6 Å². The van der Waals surface area contributed by atoms with E-state index in [1.165, 1.54) is 6.20 Å². The number of rotatable bonds is 5. The van der Waals surface area contributed by atoms with E-state index in [9.17, 15) is 8.42 Å². The molecule has 0 aliphatic carbocycles. The van der Waals surface area contributed by atoms with Crippen molar-refractivity contribution in [3.63, 3.8) is 0 Å². The average molecular weight is 321 g/mol. The van der Waals surface area contributed by atoms with Gasteiger partial charge in [-0.2, -0.15) is 5.10 Å². The minimum atomic E-state index is -3.58. The minimum absolute atomic E-state index is 0.126. The molecule has 1 heterocycles. The number of sulfonamides is 1. The van der Waals surface area contributed by atoms with E-state index in [1.54, 1.807) is 10.9 Å². The molecule has 0 amide bonds. The summed E-state index contributed by atoms with van der Waals surface area (Å²) in [5, 5.41) is 4.09. The van der Waals surface area contributed by atoms with Crippen molar-refractivity contribution in [1.82, 2.24) is 14.5 Å². The Morgan fingerprint density at radius 2 is 1.86 bits per heavy atom. The molecule has 1 N–H and O–H groups in total. The first-order valence-electron chi connectivity index (χ1n) is 7.34. The number of benzene rings is 1. The fourth-order valence-electron chi connectivity index (χ4n) is 2.42. The molecular weight excluding hydrogens is 298 g/mol. The van der Waals surface area contributed by atoms with Crippen LogP contribution < -0.4 is 4.72 Å². The fourth-order valence-corrected chi connectivity index (χ4v) is 3.58. The first kappa shape index (κ1) is 16.7. The molecule has 22 heavy (non-hydrogen) atoms. The maximum atomic E-state index is 12.5. The SMILES string of the molecule is Cc1ccc([C@@H](C)NS(=O)(=O)c2cnn(C(C)C)c2)c(C)c1. The van der Waals surface area contributed by atoms with Gasteiger partial charge in [-0.25, -0.2) is 13.1 Å². The number of hydrogen-bond acceptors (Lipinski definition) is 3. The number of nitrogens with one attached hydrogen (secondary N) is 1. The smallest absolute Gasteiger partial charge is 0.244 e. The van der Waals surface area contributed by atoms with Crippen LogP contribution in [0.1, 0.15) is 49.5 Å². The number of aryl methyl sites for hydroxylation is 2. The third kappa shape index (κ3) is 3.56. The lowest BCUT2D eigenvalue weighted by atomic mass is 10.0. The van der Waals surface area contributed by atoms with E-state index in [0.29, 0.717) is 0 Å². The highest BCUT2D eigenvalue weighted by Crippen LogP contribution is 2.21. The lowest BCUT2D eigenvalue weighted by molar-refractivity contribution is 0.530. The summed E-state index contributed by atoms with van der Waals surface area (Å²) in [7, 11) is -3.58. The number of aromatic nitrogens is 2. The van der Waals surface area contributed by atoms with E-state index in [4.69, 9.17) is 0 Å². The Kier molecular flexibility index (Phi) is 4.72. The molecule has 0 saturated carbocycles. The van der Waals surface area contributed by atoms with E-state index in [0.717, 1.165) is 16.7 Å². The van der Waals surface area contributed by atoms with Crippen LogP contribution in [0, 0.1) is 13.8 Å². The summed E-state index contributed by atoms with van der Waals surface area (Å²) in [4.78, 5) is 0.192. The van der Waals surface area contributed by atoms with Crippen LogP contribution in [0.3, 0.4) is 0 Å². The summed E-state index contributed by atoms with van der Waals surface area (Å²) >= 11 is 0. The maximum Gasteiger partial charge on any atom is 0.244 e. The summed E-state index contributed by atoms with van der Waals surface area (Å²) < 4.78 is 29.3. The van der Waals surface area contributed by atoms with Crippen molar-refractivity contribution in [3.8, 4) is 0 Å². The Morgan fingerprint density at radius 1 is 1.18 bits per heavy atom. The largest absolute Gasteiger partial charge is 0.269 e. The predicted molar refractivity (Wildman–Crippen MR) is 87.3 cm³/mol. The molecule has 0 saturated heterocycles. The fraction of sp³-hybridized carbons (Fsp3) is 0.438. The molecule has 2 aromatic rings. The van der Waals surface area contributed by atoms with Gasteiger partial charge in [0.15, 0.2) is 0 Å². The second kappa shape index (κ2) is 6.22. The van der Waals surface area contributed by atoms with Gasteiger partial charge in [0, 0.05) is 18.3 Å². The highest BCUT2D eigenvalue weighted by Gasteiger charge is 2.21. The monoisotopic (exact) mass is 321 g/mol. The third-order valence-electron chi connectivity index (χ3n) is 3.64. The predicted octanol–water partition coefficient (Wildman–Crippen LogP) is 3.12. The summed E-state index contributed by atoms with van der Waals surface area (Å²) in [6.45, 7) is 9.77. The molecule has 0 aliphatic rings. The Bertz CT molecular complexity index is 763. The topological polar surface area (TPSA) is 64.0 Å². The summed E-state index contributed by atoms with van der Waals surface area (Å²) in [6, 6.07) is 5.84. The van der Waals surface area contributed by atoms with Gasteiger partial charge in [-0.15, -0.1) is 0 Å². The molecule has 0 radical (unpaired) electrons.